The minimum absolute atomic E-state index is 0.0601. The van der Waals surface area contributed by atoms with Crippen molar-refractivity contribution in [2.24, 2.45) is 5.92 Å². The van der Waals surface area contributed by atoms with Gasteiger partial charge >= 0.3 is 6.03 Å². The molecule has 2 aliphatic heterocycles. The van der Waals surface area contributed by atoms with Gasteiger partial charge in [-0.05, 0) is 32.2 Å². The van der Waals surface area contributed by atoms with Crippen LogP contribution in [0.5, 0.6) is 0 Å². The van der Waals surface area contributed by atoms with Crippen LogP contribution in [0.25, 0.3) is 0 Å². The number of hydrogen-bond donors (Lipinski definition) is 1. The second-order valence-corrected chi connectivity index (χ2v) is 6.74. The van der Waals surface area contributed by atoms with Gasteiger partial charge in [0.25, 0.3) is 0 Å². The molecule has 0 aromatic carbocycles. The average Bonchev–Trinajstić information content (AvgIpc) is 3.38. The van der Waals surface area contributed by atoms with Gasteiger partial charge in [-0.3, -0.25) is 4.79 Å². The van der Waals surface area contributed by atoms with E-state index in [4.69, 9.17) is 0 Å². The van der Waals surface area contributed by atoms with Crippen LogP contribution in [0.2, 0.25) is 0 Å². The lowest BCUT2D eigenvalue weighted by molar-refractivity contribution is -0.138. The Bertz CT molecular complexity index is 408. The number of piperidine rings is 1. The molecule has 6 heteroatoms. The zero-order chi connectivity index (χ0) is 15.5. The molecule has 3 rings (SSSR count). The van der Waals surface area contributed by atoms with E-state index >= 15 is 0 Å². The molecule has 0 aromatic heterocycles. The lowest BCUT2D eigenvalue weighted by atomic mass is 9.95. The summed E-state index contributed by atoms with van der Waals surface area (Å²) in [6, 6.07) is 0.465. The third-order valence-corrected chi connectivity index (χ3v) is 5.17. The summed E-state index contributed by atoms with van der Waals surface area (Å²) < 4.78 is 0. The number of piperazine rings is 1. The number of carbonyl (C=O) groups is 2. The van der Waals surface area contributed by atoms with E-state index in [0.717, 1.165) is 58.4 Å². The van der Waals surface area contributed by atoms with Gasteiger partial charge in [0.2, 0.25) is 5.91 Å². The molecule has 6 nitrogen and oxygen atoms in total. The first-order valence-corrected chi connectivity index (χ1v) is 8.74. The maximum atomic E-state index is 12.6. The lowest BCUT2D eigenvalue weighted by Gasteiger charge is -2.38. The van der Waals surface area contributed by atoms with Crippen molar-refractivity contribution in [1.29, 1.82) is 0 Å². The van der Waals surface area contributed by atoms with E-state index in [1.54, 1.807) is 0 Å². The van der Waals surface area contributed by atoms with Crippen molar-refractivity contribution in [3.63, 3.8) is 0 Å². The number of amides is 3. The Balaban J connectivity index is 1.42. The maximum Gasteiger partial charge on any atom is 0.317 e. The maximum absolute atomic E-state index is 12.6. The van der Waals surface area contributed by atoms with Crippen LogP contribution in [0.15, 0.2) is 0 Å². The molecule has 1 aliphatic carbocycles. The summed E-state index contributed by atoms with van der Waals surface area (Å²) in [5.41, 5.74) is 0. The Hall–Kier alpha value is -1.30. The topological polar surface area (TPSA) is 55.9 Å². The molecule has 0 atom stereocenters. The van der Waals surface area contributed by atoms with E-state index in [9.17, 15) is 9.59 Å². The number of likely N-dealkylation sites (N-methyl/N-ethyl adjacent to an activating group) is 1. The molecule has 2 saturated heterocycles. The summed E-state index contributed by atoms with van der Waals surface area (Å²) in [5.74, 6) is 0.413. The Labute approximate surface area is 132 Å². The molecular formula is C16H28N4O2. The zero-order valence-corrected chi connectivity index (χ0v) is 13.6. The van der Waals surface area contributed by atoms with Gasteiger partial charge in [0.1, 0.15) is 0 Å². The summed E-state index contributed by atoms with van der Waals surface area (Å²) in [6.07, 6.45) is 3.85. The molecule has 0 unspecified atom stereocenters. The van der Waals surface area contributed by atoms with Gasteiger partial charge in [-0.25, -0.2) is 4.79 Å². The average molecular weight is 308 g/mol. The molecule has 22 heavy (non-hydrogen) atoms. The van der Waals surface area contributed by atoms with Crippen molar-refractivity contribution >= 4 is 11.9 Å². The third kappa shape index (κ3) is 3.72. The molecule has 0 radical (unpaired) electrons. The van der Waals surface area contributed by atoms with Crippen LogP contribution in [-0.4, -0.2) is 78.5 Å². The van der Waals surface area contributed by atoms with Crippen LogP contribution in [-0.2, 0) is 4.79 Å². The van der Waals surface area contributed by atoms with E-state index in [1.807, 2.05) is 9.80 Å². The molecule has 1 saturated carbocycles. The quantitative estimate of drug-likeness (QED) is 0.836. The molecule has 3 aliphatic rings. The smallest absolute Gasteiger partial charge is 0.317 e. The summed E-state index contributed by atoms with van der Waals surface area (Å²) in [6.45, 7) is 8.35. The van der Waals surface area contributed by atoms with Crippen molar-refractivity contribution in [3.8, 4) is 0 Å². The van der Waals surface area contributed by atoms with E-state index < -0.39 is 0 Å². The summed E-state index contributed by atoms with van der Waals surface area (Å²) >= 11 is 0. The van der Waals surface area contributed by atoms with Crippen molar-refractivity contribution < 1.29 is 9.59 Å². The van der Waals surface area contributed by atoms with Crippen molar-refractivity contribution in [2.75, 3.05) is 45.8 Å². The first-order chi connectivity index (χ1) is 10.7. The highest BCUT2D eigenvalue weighted by Gasteiger charge is 2.32. The molecule has 2 heterocycles. The molecule has 1 N–H and O–H groups in total. The summed E-state index contributed by atoms with van der Waals surface area (Å²) in [7, 11) is 0. The number of rotatable bonds is 3. The fourth-order valence-corrected chi connectivity index (χ4v) is 3.37. The van der Waals surface area contributed by atoms with Crippen LogP contribution in [0.1, 0.15) is 32.6 Å². The SMILES string of the molecule is CCN1CCN(C(=O)C2CCN(C(=O)NC3CC3)CC2)CC1. The number of nitrogens with one attached hydrogen (secondary N) is 1. The molecule has 3 fully saturated rings. The van der Waals surface area contributed by atoms with Gasteiger partial charge in [0.15, 0.2) is 0 Å². The Morgan fingerprint density at radius 2 is 1.55 bits per heavy atom. The summed E-state index contributed by atoms with van der Waals surface area (Å²) in [4.78, 5) is 30.9. The van der Waals surface area contributed by atoms with Gasteiger partial charge in [-0.15, -0.1) is 0 Å². The fraction of sp³-hybridized carbons (Fsp3) is 0.875. The second-order valence-electron chi connectivity index (χ2n) is 6.74. The molecule has 0 aromatic rings. The minimum atomic E-state index is 0.0601. The Morgan fingerprint density at radius 1 is 0.909 bits per heavy atom. The highest BCUT2D eigenvalue weighted by atomic mass is 16.2. The van der Waals surface area contributed by atoms with Gasteiger partial charge in [-0.1, -0.05) is 6.92 Å². The van der Waals surface area contributed by atoms with Crippen molar-refractivity contribution in [3.05, 3.63) is 0 Å². The van der Waals surface area contributed by atoms with E-state index in [1.165, 1.54) is 0 Å². The van der Waals surface area contributed by atoms with E-state index in [-0.39, 0.29) is 11.9 Å². The van der Waals surface area contributed by atoms with E-state index in [2.05, 4.69) is 17.1 Å². The van der Waals surface area contributed by atoms with Crippen molar-refractivity contribution in [2.45, 2.75) is 38.6 Å². The van der Waals surface area contributed by atoms with Crippen LogP contribution < -0.4 is 5.32 Å². The van der Waals surface area contributed by atoms with Crippen LogP contribution in [0.3, 0.4) is 0 Å². The second kappa shape index (κ2) is 6.86. The molecular weight excluding hydrogens is 280 g/mol. The molecule has 124 valence electrons. The van der Waals surface area contributed by atoms with Crippen LogP contribution in [0, 0.1) is 5.92 Å². The van der Waals surface area contributed by atoms with E-state index in [0.29, 0.717) is 25.0 Å². The molecule has 3 amide bonds. The highest BCUT2D eigenvalue weighted by Crippen LogP contribution is 2.22. The third-order valence-electron chi connectivity index (χ3n) is 5.17. The molecule has 0 bridgehead atoms. The number of carbonyl (C=O) groups excluding carboxylic acids is 2. The monoisotopic (exact) mass is 308 g/mol. The Kier molecular flexibility index (Phi) is 4.86. The van der Waals surface area contributed by atoms with Gasteiger partial charge in [0, 0.05) is 51.2 Å². The van der Waals surface area contributed by atoms with Gasteiger partial charge in [-0.2, -0.15) is 0 Å². The minimum Gasteiger partial charge on any atom is -0.340 e. The van der Waals surface area contributed by atoms with Crippen LogP contribution in [0.4, 0.5) is 4.79 Å². The van der Waals surface area contributed by atoms with Crippen LogP contribution >= 0.6 is 0 Å². The predicted molar refractivity (Wildman–Crippen MR) is 84.5 cm³/mol. The normalized spacial score (nSPS) is 24.4. The fourth-order valence-electron chi connectivity index (χ4n) is 3.37. The largest absolute Gasteiger partial charge is 0.340 e. The van der Waals surface area contributed by atoms with Crippen molar-refractivity contribution in [1.82, 2.24) is 20.0 Å². The first kappa shape index (κ1) is 15.6. The predicted octanol–water partition coefficient (Wildman–Crippen LogP) is 0.735. The standard InChI is InChI=1S/C16H28N4O2/c1-2-18-9-11-19(12-10-18)15(21)13-5-7-20(8-6-13)16(22)17-14-3-4-14/h13-14H,2-12H2,1H3,(H,17,22). The highest BCUT2D eigenvalue weighted by molar-refractivity contribution is 5.80. The van der Waals surface area contributed by atoms with Gasteiger partial charge in [0.05, 0.1) is 0 Å². The molecule has 0 spiro atoms. The number of urea groups is 1. The lowest BCUT2D eigenvalue weighted by Crippen LogP contribution is -2.52. The summed E-state index contributed by atoms with van der Waals surface area (Å²) in [5, 5.41) is 3.03. The number of nitrogens with zero attached hydrogens (tertiary/aromatic N) is 3. The number of likely N-dealkylation sites (tertiary alicyclic amines) is 1. The number of hydrogen-bond acceptors (Lipinski definition) is 3. The Morgan fingerprint density at radius 3 is 2.09 bits per heavy atom. The van der Waals surface area contributed by atoms with Gasteiger partial charge < -0.3 is 20.0 Å². The zero-order valence-electron chi connectivity index (χ0n) is 13.6. The first-order valence-electron chi connectivity index (χ1n) is 8.74.